The average molecular weight is 235 g/mol. The number of thiazole rings is 1. The molecule has 0 aliphatic rings. The first-order valence-corrected chi connectivity index (χ1v) is 5.94. The minimum Gasteiger partial charge on any atom is -0.508 e. The van der Waals surface area contributed by atoms with Crippen LogP contribution < -0.4 is 0 Å². The van der Waals surface area contributed by atoms with Crippen LogP contribution in [0.25, 0.3) is 10.6 Å². The molecule has 0 spiro atoms. The normalized spacial score (nSPS) is 12.6. The minimum absolute atomic E-state index is 0.0714. The van der Waals surface area contributed by atoms with Gasteiger partial charge in [0.15, 0.2) is 0 Å². The van der Waals surface area contributed by atoms with Crippen molar-refractivity contribution in [1.82, 2.24) is 4.98 Å². The molecule has 16 heavy (non-hydrogen) atoms. The van der Waals surface area contributed by atoms with Gasteiger partial charge in [-0.1, -0.05) is 6.92 Å². The van der Waals surface area contributed by atoms with Gasteiger partial charge >= 0.3 is 0 Å². The predicted molar refractivity (Wildman–Crippen MR) is 64.7 cm³/mol. The third kappa shape index (κ3) is 2.23. The Morgan fingerprint density at radius 1 is 1.31 bits per heavy atom. The molecule has 4 heteroatoms. The molecule has 1 aromatic heterocycles. The number of aromatic nitrogens is 1. The molecule has 2 rings (SSSR count). The lowest BCUT2D eigenvalue weighted by atomic mass is 10.1. The number of phenols is 1. The zero-order valence-corrected chi connectivity index (χ0v) is 9.74. The van der Waals surface area contributed by atoms with Crippen LogP contribution >= 0.6 is 11.3 Å². The summed E-state index contributed by atoms with van der Waals surface area (Å²) >= 11 is 1.55. The number of aliphatic hydroxyl groups is 1. The van der Waals surface area contributed by atoms with Crippen molar-refractivity contribution >= 4 is 11.3 Å². The van der Waals surface area contributed by atoms with E-state index in [4.69, 9.17) is 5.11 Å². The maximum absolute atomic E-state index is 9.19. The first-order valence-electron chi connectivity index (χ1n) is 5.06. The maximum atomic E-state index is 9.19. The van der Waals surface area contributed by atoms with Crippen LogP contribution in [-0.4, -0.2) is 21.8 Å². The molecule has 84 valence electrons. The standard InChI is InChI=1S/C12H13NO2S/c1-8(6-14)11-7-16-12(13-11)9-2-4-10(15)5-3-9/h2-5,7-8,14-15H,6H2,1H3. The fraction of sp³-hybridized carbons (Fsp3) is 0.250. The van der Waals surface area contributed by atoms with Gasteiger partial charge in [0.1, 0.15) is 10.8 Å². The second-order valence-corrected chi connectivity index (χ2v) is 4.57. The maximum Gasteiger partial charge on any atom is 0.123 e. The smallest absolute Gasteiger partial charge is 0.123 e. The summed E-state index contributed by atoms with van der Waals surface area (Å²) in [5, 5.41) is 21.1. The highest BCUT2D eigenvalue weighted by Gasteiger charge is 2.10. The molecule has 0 amide bonds. The highest BCUT2D eigenvalue weighted by molar-refractivity contribution is 7.13. The molecule has 3 nitrogen and oxygen atoms in total. The first-order chi connectivity index (χ1) is 7.70. The van der Waals surface area contributed by atoms with E-state index in [2.05, 4.69) is 4.98 Å². The van der Waals surface area contributed by atoms with E-state index < -0.39 is 0 Å². The molecule has 0 saturated heterocycles. The third-order valence-corrected chi connectivity index (χ3v) is 3.32. The molecule has 1 unspecified atom stereocenters. The van der Waals surface area contributed by atoms with E-state index in [9.17, 15) is 5.11 Å². The molecule has 2 N–H and O–H groups in total. The summed E-state index contributed by atoms with van der Waals surface area (Å²) in [5.74, 6) is 0.325. The van der Waals surface area contributed by atoms with Crippen LogP contribution in [-0.2, 0) is 0 Å². The third-order valence-electron chi connectivity index (χ3n) is 2.41. The zero-order chi connectivity index (χ0) is 11.5. The first kappa shape index (κ1) is 11.1. The van der Waals surface area contributed by atoms with Crippen LogP contribution in [0.5, 0.6) is 5.75 Å². The van der Waals surface area contributed by atoms with Crippen molar-refractivity contribution < 1.29 is 10.2 Å². The number of hydrogen-bond acceptors (Lipinski definition) is 4. The van der Waals surface area contributed by atoms with Crippen molar-refractivity contribution in [3.05, 3.63) is 35.3 Å². The van der Waals surface area contributed by atoms with Gasteiger partial charge in [0.05, 0.1) is 12.3 Å². The summed E-state index contributed by atoms with van der Waals surface area (Å²) in [7, 11) is 0. The number of rotatable bonds is 3. The molecule has 1 atom stereocenters. The molecule has 0 saturated carbocycles. The molecular weight excluding hydrogens is 222 g/mol. The molecule has 0 aliphatic carbocycles. The number of phenolic OH excluding ortho intramolecular Hbond substituents is 1. The molecule has 0 bridgehead atoms. The van der Waals surface area contributed by atoms with Gasteiger partial charge in [-0.2, -0.15) is 0 Å². The van der Waals surface area contributed by atoms with Crippen LogP contribution in [0.2, 0.25) is 0 Å². The summed E-state index contributed by atoms with van der Waals surface area (Å²) in [4.78, 5) is 4.46. The molecule has 0 fully saturated rings. The van der Waals surface area contributed by atoms with Crippen molar-refractivity contribution in [1.29, 1.82) is 0 Å². The molecule has 0 radical (unpaired) electrons. The average Bonchev–Trinajstić information content (AvgIpc) is 2.78. The van der Waals surface area contributed by atoms with E-state index in [-0.39, 0.29) is 18.3 Å². The van der Waals surface area contributed by atoms with Gasteiger partial charge in [-0.15, -0.1) is 11.3 Å². The van der Waals surface area contributed by atoms with Gasteiger partial charge in [0.2, 0.25) is 0 Å². The summed E-state index contributed by atoms with van der Waals surface area (Å²) in [6.07, 6.45) is 0. The van der Waals surface area contributed by atoms with Crippen molar-refractivity contribution in [2.24, 2.45) is 0 Å². The van der Waals surface area contributed by atoms with Crippen LogP contribution in [0.3, 0.4) is 0 Å². The summed E-state index contributed by atoms with van der Waals surface area (Å²) in [5.41, 5.74) is 1.90. The van der Waals surface area contributed by atoms with Crippen molar-refractivity contribution in [2.45, 2.75) is 12.8 Å². The minimum atomic E-state index is 0.0714. The quantitative estimate of drug-likeness (QED) is 0.859. The van der Waals surface area contributed by atoms with Gasteiger partial charge in [-0.25, -0.2) is 4.98 Å². The van der Waals surface area contributed by atoms with E-state index in [0.717, 1.165) is 16.3 Å². The molecule has 1 heterocycles. The summed E-state index contributed by atoms with van der Waals surface area (Å²) < 4.78 is 0. The summed E-state index contributed by atoms with van der Waals surface area (Å²) in [6, 6.07) is 6.96. The molecule has 1 aromatic carbocycles. The Bertz CT molecular complexity index is 464. The van der Waals surface area contributed by atoms with Gasteiger partial charge in [-0.3, -0.25) is 0 Å². The van der Waals surface area contributed by atoms with Gasteiger partial charge < -0.3 is 10.2 Å². The fourth-order valence-electron chi connectivity index (χ4n) is 1.34. The van der Waals surface area contributed by atoms with E-state index >= 15 is 0 Å². The van der Waals surface area contributed by atoms with Crippen molar-refractivity contribution in [3.63, 3.8) is 0 Å². The summed E-state index contributed by atoms with van der Waals surface area (Å²) in [6.45, 7) is 2.05. The number of nitrogens with zero attached hydrogens (tertiary/aromatic N) is 1. The Morgan fingerprint density at radius 2 is 2.00 bits per heavy atom. The lowest BCUT2D eigenvalue weighted by Gasteiger charge is -2.02. The largest absolute Gasteiger partial charge is 0.508 e. The van der Waals surface area contributed by atoms with E-state index in [1.54, 1.807) is 23.5 Å². The van der Waals surface area contributed by atoms with Crippen LogP contribution in [0.15, 0.2) is 29.6 Å². The second kappa shape index (κ2) is 4.63. The number of hydrogen-bond donors (Lipinski definition) is 2. The Kier molecular flexibility index (Phi) is 3.22. The van der Waals surface area contributed by atoms with Crippen LogP contribution in [0.1, 0.15) is 18.5 Å². The Labute approximate surface area is 98.0 Å². The van der Waals surface area contributed by atoms with Crippen LogP contribution in [0, 0.1) is 0 Å². The lowest BCUT2D eigenvalue weighted by Crippen LogP contribution is -1.98. The number of aromatic hydroxyl groups is 1. The van der Waals surface area contributed by atoms with E-state index in [1.165, 1.54) is 0 Å². The molecule has 2 aromatic rings. The second-order valence-electron chi connectivity index (χ2n) is 3.71. The Morgan fingerprint density at radius 3 is 2.62 bits per heavy atom. The Balaban J connectivity index is 2.28. The number of benzene rings is 1. The molecule has 0 aliphatic heterocycles. The number of aliphatic hydroxyl groups excluding tert-OH is 1. The highest BCUT2D eigenvalue weighted by atomic mass is 32.1. The highest BCUT2D eigenvalue weighted by Crippen LogP contribution is 2.27. The SMILES string of the molecule is CC(CO)c1csc(-c2ccc(O)cc2)n1. The monoisotopic (exact) mass is 235 g/mol. The molecular formula is C12H13NO2S. The van der Waals surface area contributed by atoms with Gasteiger partial charge in [0, 0.05) is 16.9 Å². The van der Waals surface area contributed by atoms with E-state index in [1.807, 2.05) is 24.4 Å². The van der Waals surface area contributed by atoms with Crippen LogP contribution in [0.4, 0.5) is 0 Å². The topological polar surface area (TPSA) is 53.4 Å². The van der Waals surface area contributed by atoms with Gasteiger partial charge in [-0.05, 0) is 24.3 Å². The van der Waals surface area contributed by atoms with Crippen molar-refractivity contribution in [3.8, 4) is 16.3 Å². The predicted octanol–water partition coefficient (Wildman–Crippen LogP) is 2.61. The Hall–Kier alpha value is -1.39. The van der Waals surface area contributed by atoms with Crippen molar-refractivity contribution in [2.75, 3.05) is 6.61 Å². The lowest BCUT2D eigenvalue weighted by molar-refractivity contribution is 0.271. The zero-order valence-electron chi connectivity index (χ0n) is 8.92. The van der Waals surface area contributed by atoms with Gasteiger partial charge in [0.25, 0.3) is 0 Å². The van der Waals surface area contributed by atoms with E-state index in [0.29, 0.717) is 0 Å². The fourth-order valence-corrected chi connectivity index (χ4v) is 2.29.